The van der Waals surface area contributed by atoms with Gasteiger partial charge in [-0.05, 0) is 23.8 Å². The number of aromatic nitrogens is 2. The second kappa shape index (κ2) is 31.2. The number of aliphatic carboxylic acids is 1. The zero-order chi connectivity index (χ0) is 31.5. The van der Waals surface area contributed by atoms with Crippen molar-refractivity contribution < 1.29 is 90.7 Å². The zero-order valence-corrected chi connectivity index (χ0v) is 29.0. The van der Waals surface area contributed by atoms with E-state index in [9.17, 15) is 14.4 Å². The van der Waals surface area contributed by atoms with E-state index in [-0.39, 0.29) is 36.2 Å². The molecule has 17 heteroatoms. The summed E-state index contributed by atoms with van der Waals surface area (Å²) in [5.41, 5.74) is 1.49. The van der Waals surface area contributed by atoms with Gasteiger partial charge in [-0.3, -0.25) is 19.2 Å². The predicted molar refractivity (Wildman–Crippen MR) is 146 cm³/mol. The molecule has 12 nitrogen and oxygen atoms in total. The Morgan fingerprint density at radius 2 is 1.29 bits per heavy atom. The van der Waals surface area contributed by atoms with Gasteiger partial charge in [-0.25, -0.2) is 9.97 Å². The second-order valence-corrected chi connectivity index (χ2v) is 10.8. The summed E-state index contributed by atoms with van der Waals surface area (Å²) in [6.07, 6.45) is 4.11. The minimum absolute atomic E-state index is 0. The van der Waals surface area contributed by atoms with E-state index in [1.165, 1.54) is 13.8 Å². The average Bonchev–Trinajstić information content (AvgIpc) is 2.85. The Morgan fingerprint density at radius 1 is 0.902 bits per heavy atom. The number of carbonyl (C=O) groups excluding carboxylic acids is 3. The SMILES string of the molecule is CC(=O)O.CC(=O)O[B-]OC(C)=O.CC(C)Sc1ccc(C=O)cn1.CC(C)Sc1ccc(CO)cn1.[Na+].[O]=[Mn]=[O]. The van der Waals surface area contributed by atoms with Gasteiger partial charge in [0.2, 0.25) is 0 Å². The molecule has 0 saturated heterocycles. The third-order valence-corrected chi connectivity index (χ3v) is 4.93. The van der Waals surface area contributed by atoms with Gasteiger partial charge in [0.1, 0.15) is 7.69 Å². The number of thioether (sulfide) groups is 2. The normalized spacial score (nSPS) is 8.83. The molecule has 0 spiro atoms. The average molecular weight is 663 g/mol. The standard InChI is InChI=1S/C9H13NOS.C9H11NOS.C4H6BO4.C2H4O2.Mn.Na.2O/c2*1-7(2)12-9-4-3-8(6-11)5-10-9;1-3(6)8-5-9-4(2)7;1-2(3)4;;;;/h3-5,7,11H,6H2,1-2H3;3-7H,1-2H3;1-2H3;1H3,(H,3,4);;;;/q;;-1;;;+1;;. The summed E-state index contributed by atoms with van der Waals surface area (Å²) in [5, 5.41) is 19.2. The first-order valence-corrected chi connectivity index (χ1v) is 14.0. The van der Waals surface area contributed by atoms with Crippen molar-refractivity contribution in [2.75, 3.05) is 0 Å². The van der Waals surface area contributed by atoms with Crippen molar-refractivity contribution in [2.45, 2.75) is 75.6 Å². The first-order valence-electron chi connectivity index (χ1n) is 11.3. The number of pyridine rings is 2. The summed E-state index contributed by atoms with van der Waals surface area (Å²) in [5.74, 6) is -1.87. The Kier molecular flexibility index (Phi) is 35.1. The van der Waals surface area contributed by atoms with Crippen molar-refractivity contribution >= 4 is 55.4 Å². The van der Waals surface area contributed by atoms with Gasteiger partial charge in [0, 0.05) is 49.2 Å². The maximum atomic E-state index is 10.3. The van der Waals surface area contributed by atoms with Gasteiger partial charge >= 0.3 is 52.0 Å². The molecule has 0 aliphatic rings. The van der Waals surface area contributed by atoms with Gasteiger partial charge in [0.15, 0.2) is 6.29 Å². The molecule has 0 atom stereocenters. The Labute approximate surface area is 277 Å². The number of aldehydes is 1. The van der Waals surface area contributed by atoms with Gasteiger partial charge in [-0.1, -0.05) is 33.8 Å². The fourth-order valence-corrected chi connectivity index (χ4v) is 3.23. The van der Waals surface area contributed by atoms with E-state index in [0.29, 0.717) is 23.7 Å². The third-order valence-electron chi connectivity index (χ3n) is 3.02. The number of carboxylic acids is 1. The van der Waals surface area contributed by atoms with Crippen LogP contribution in [0.1, 0.15) is 64.4 Å². The molecule has 0 fully saturated rings. The number of carboxylic acid groups (broad SMARTS) is 1. The fourth-order valence-electron chi connectivity index (χ4n) is 1.75. The molecule has 2 N–H and O–H groups in total. The first kappa shape index (κ1) is 46.2. The molecule has 2 heterocycles. The summed E-state index contributed by atoms with van der Waals surface area (Å²) >= 11 is 1.98. The number of hydrogen-bond donors (Lipinski definition) is 2. The van der Waals surface area contributed by atoms with Crippen LogP contribution in [-0.4, -0.2) is 62.6 Å². The van der Waals surface area contributed by atoms with Crippen LogP contribution in [0.5, 0.6) is 0 Å². The summed E-state index contributed by atoms with van der Waals surface area (Å²) < 4.78 is 25.1. The fraction of sp³-hybridized carbons (Fsp3) is 0.417. The number of hydrogen-bond acceptors (Lipinski definition) is 13. The maximum absolute atomic E-state index is 10.3. The van der Waals surface area contributed by atoms with Gasteiger partial charge in [0.25, 0.3) is 17.9 Å². The third kappa shape index (κ3) is 38.2. The van der Waals surface area contributed by atoms with Crippen LogP contribution < -0.4 is 29.6 Å². The van der Waals surface area contributed by atoms with Crippen molar-refractivity contribution in [1.29, 1.82) is 0 Å². The van der Waals surface area contributed by atoms with Crippen LogP contribution in [0.3, 0.4) is 0 Å². The van der Waals surface area contributed by atoms with Gasteiger partial charge in [-0.15, -0.1) is 23.5 Å². The van der Waals surface area contributed by atoms with E-state index >= 15 is 0 Å². The first-order chi connectivity index (χ1) is 18.7. The van der Waals surface area contributed by atoms with E-state index in [2.05, 4.69) is 47.0 Å². The molecular formula is C24H34BMnN2NaO10S2. The molecule has 2 aromatic rings. The summed E-state index contributed by atoms with van der Waals surface area (Å²) in [6.45, 7) is 12.1. The molecule has 41 heavy (non-hydrogen) atoms. The topological polar surface area (TPSA) is 187 Å². The van der Waals surface area contributed by atoms with Crippen LogP contribution in [-0.2, 0) is 52.8 Å². The van der Waals surface area contributed by atoms with Gasteiger partial charge in [-0.2, -0.15) is 0 Å². The molecule has 0 aromatic carbocycles. The predicted octanol–water partition coefficient (Wildman–Crippen LogP) is 0.971. The van der Waals surface area contributed by atoms with Crippen LogP contribution >= 0.6 is 23.5 Å². The van der Waals surface area contributed by atoms with Gasteiger partial charge in [0.05, 0.1) is 16.7 Å². The van der Waals surface area contributed by atoms with Crippen LogP contribution in [0.15, 0.2) is 46.7 Å². The number of carbonyl (C=O) groups is 4. The zero-order valence-electron chi connectivity index (χ0n) is 24.2. The van der Waals surface area contributed by atoms with Crippen LogP contribution in [0.2, 0.25) is 0 Å². The second-order valence-electron chi connectivity index (χ2n) is 7.44. The Balaban J connectivity index is -0.000000224. The summed E-state index contributed by atoms with van der Waals surface area (Å²) in [4.78, 5) is 47.6. The Hall–Kier alpha value is -1.78. The number of aliphatic hydroxyl groups excluding tert-OH is 1. The van der Waals surface area contributed by atoms with E-state index < -0.39 is 32.7 Å². The molecule has 0 unspecified atom stereocenters. The minimum atomic E-state index is -1.44. The Morgan fingerprint density at radius 3 is 1.54 bits per heavy atom. The van der Waals surface area contributed by atoms with Crippen molar-refractivity contribution in [3.05, 3.63) is 47.8 Å². The van der Waals surface area contributed by atoms with Crippen LogP contribution in [0, 0.1) is 0 Å². The monoisotopic (exact) mass is 663 g/mol. The van der Waals surface area contributed by atoms with Crippen molar-refractivity contribution in [2.24, 2.45) is 0 Å². The van der Waals surface area contributed by atoms with Crippen molar-refractivity contribution in [1.82, 2.24) is 9.97 Å². The van der Waals surface area contributed by atoms with Crippen molar-refractivity contribution in [3.63, 3.8) is 0 Å². The van der Waals surface area contributed by atoms with E-state index in [1.54, 1.807) is 42.0 Å². The number of nitrogens with zero attached hydrogens (tertiary/aromatic N) is 2. The van der Waals surface area contributed by atoms with Crippen LogP contribution in [0.4, 0.5) is 0 Å². The number of aliphatic hydroxyl groups is 1. The van der Waals surface area contributed by atoms with Gasteiger partial charge < -0.3 is 19.5 Å². The summed E-state index contributed by atoms with van der Waals surface area (Å²) in [7, 11) is 0.699. The van der Waals surface area contributed by atoms with Crippen molar-refractivity contribution in [3.8, 4) is 0 Å². The van der Waals surface area contributed by atoms with Crippen LogP contribution in [0.25, 0.3) is 0 Å². The molecule has 2 aromatic heterocycles. The van der Waals surface area contributed by atoms with E-state index in [4.69, 9.17) is 22.7 Å². The molecule has 0 bridgehead atoms. The molecular weight excluding hydrogens is 629 g/mol. The molecule has 0 amide bonds. The number of rotatable bonds is 8. The molecule has 2 rings (SSSR count). The quantitative estimate of drug-likeness (QED) is 0.231. The molecule has 0 aliphatic heterocycles. The molecule has 0 aliphatic carbocycles. The molecule has 0 saturated carbocycles. The summed E-state index contributed by atoms with van der Waals surface area (Å²) in [6, 6.07) is 7.49. The molecule has 2 radical (unpaired) electrons. The Bertz CT molecular complexity index is 1010. The van der Waals surface area contributed by atoms with E-state index in [0.717, 1.165) is 28.8 Å². The van der Waals surface area contributed by atoms with E-state index in [1.807, 2.05) is 18.2 Å². The molecule has 223 valence electrons.